The van der Waals surface area contributed by atoms with Crippen molar-refractivity contribution >= 4 is 39.0 Å². The molecule has 0 aliphatic rings. The fourth-order valence-corrected chi connectivity index (χ4v) is 3.65. The van der Waals surface area contributed by atoms with E-state index >= 15 is 0 Å². The van der Waals surface area contributed by atoms with Gasteiger partial charge in [0.05, 0.1) is 10.0 Å². The van der Waals surface area contributed by atoms with Gasteiger partial charge in [0.2, 0.25) is 10.0 Å². The van der Waals surface area contributed by atoms with Gasteiger partial charge >= 0.3 is 0 Å². The number of Topliss-reactive ketones (excluding diaryl/α,β-unsaturated/α-hetero) is 1. The Morgan fingerprint density at radius 2 is 1.89 bits per heavy atom. The molecule has 1 rings (SSSR count). The Morgan fingerprint density at radius 3 is 2.37 bits per heavy atom. The number of benzene rings is 1. The maximum Gasteiger partial charge on any atom is 0.242 e. The van der Waals surface area contributed by atoms with Crippen LogP contribution in [0.2, 0.25) is 10.0 Å². The van der Waals surface area contributed by atoms with E-state index in [9.17, 15) is 13.2 Å². The predicted octanol–water partition coefficient (Wildman–Crippen LogP) is 3.27. The SMILES string of the molecule is CCC(C)NS(=O)(=O)c1cc(C(C)=O)c(Cl)cc1Cl. The third-order valence-corrected chi connectivity index (χ3v) is 5.03. The molecule has 0 aromatic heterocycles. The number of ketones is 1. The summed E-state index contributed by atoms with van der Waals surface area (Å²) in [5, 5.41) is 0.130. The second kappa shape index (κ2) is 6.22. The van der Waals surface area contributed by atoms with Crippen molar-refractivity contribution in [2.24, 2.45) is 0 Å². The van der Waals surface area contributed by atoms with Gasteiger partial charge in [-0.15, -0.1) is 0 Å². The summed E-state index contributed by atoms with van der Waals surface area (Å²) in [4.78, 5) is 11.3. The fraction of sp³-hybridized carbons (Fsp3) is 0.417. The van der Waals surface area contributed by atoms with Crippen LogP contribution in [-0.4, -0.2) is 20.2 Å². The predicted molar refractivity (Wildman–Crippen MR) is 76.5 cm³/mol. The van der Waals surface area contributed by atoms with E-state index in [-0.39, 0.29) is 32.3 Å². The molecule has 0 heterocycles. The van der Waals surface area contributed by atoms with Gasteiger partial charge in [-0.3, -0.25) is 4.79 Å². The molecule has 7 heteroatoms. The lowest BCUT2D eigenvalue weighted by Gasteiger charge is -2.14. The van der Waals surface area contributed by atoms with Crippen molar-refractivity contribution in [2.45, 2.75) is 38.1 Å². The van der Waals surface area contributed by atoms with Gasteiger partial charge < -0.3 is 0 Å². The standard InChI is InChI=1S/C12H15Cl2NO3S/c1-4-7(2)15-19(17,18)12-5-9(8(3)16)10(13)6-11(12)14/h5-7,15H,4H2,1-3H3. The Labute approximate surface area is 123 Å². The molecule has 1 aromatic rings. The molecule has 0 bridgehead atoms. The van der Waals surface area contributed by atoms with Gasteiger partial charge in [0.25, 0.3) is 0 Å². The van der Waals surface area contributed by atoms with Gasteiger partial charge in [-0.2, -0.15) is 0 Å². The van der Waals surface area contributed by atoms with E-state index in [4.69, 9.17) is 23.2 Å². The van der Waals surface area contributed by atoms with Crippen LogP contribution in [0.3, 0.4) is 0 Å². The largest absolute Gasteiger partial charge is 0.294 e. The Morgan fingerprint density at radius 1 is 1.32 bits per heavy atom. The first kappa shape index (κ1) is 16.4. The number of hydrogen-bond acceptors (Lipinski definition) is 3. The maximum absolute atomic E-state index is 12.2. The van der Waals surface area contributed by atoms with Crippen molar-refractivity contribution < 1.29 is 13.2 Å². The molecule has 0 saturated carbocycles. The Balaban J connectivity index is 3.34. The summed E-state index contributed by atoms with van der Waals surface area (Å²) in [5.41, 5.74) is 0.135. The van der Waals surface area contributed by atoms with Crippen molar-refractivity contribution in [1.82, 2.24) is 4.72 Å². The minimum atomic E-state index is -3.77. The third-order valence-electron chi connectivity index (χ3n) is 2.66. The zero-order valence-corrected chi connectivity index (χ0v) is 13.2. The Kier molecular flexibility index (Phi) is 5.38. The van der Waals surface area contributed by atoms with E-state index in [0.717, 1.165) is 0 Å². The lowest BCUT2D eigenvalue weighted by atomic mass is 10.1. The van der Waals surface area contributed by atoms with Gasteiger partial charge in [-0.25, -0.2) is 13.1 Å². The summed E-state index contributed by atoms with van der Waals surface area (Å²) in [6, 6.07) is 2.25. The van der Waals surface area contributed by atoms with Crippen LogP contribution in [0.1, 0.15) is 37.6 Å². The van der Waals surface area contributed by atoms with Crippen LogP contribution in [0.4, 0.5) is 0 Å². The summed E-state index contributed by atoms with van der Waals surface area (Å²) in [6.07, 6.45) is 0.643. The van der Waals surface area contributed by atoms with E-state index in [1.165, 1.54) is 19.1 Å². The maximum atomic E-state index is 12.2. The first-order valence-electron chi connectivity index (χ1n) is 5.71. The van der Waals surface area contributed by atoms with Crippen LogP contribution in [0.15, 0.2) is 17.0 Å². The van der Waals surface area contributed by atoms with Crippen LogP contribution in [0.25, 0.3) is 0 Å². The van der Waals surface area contributed by atoms with Crippen molar-refractivity contribution in [2.75, 3.05) is 0 Å². The Hall–Kier alpha value is -0.620. The number of carbonyl (C=O) groups is 1. The van der Waals surface area contributed by atoms with Gasteiger partial charge in [0.1, 0.15) is 4.90 Å². The third kappa shape index (κ3) is 3.92. The summed E-state index contributed by atoms with van der Waals surface area (Å²) in [6.45, 7) is 4.92. The number of hydrogen-bond donors (Lipinski definition) is 1. The molecular formula is C12H15Cl2NO3S. The van der Waals surface area contributed by atoms with Crippen molar-refractivity contribution in [1.29, 1.82) is 0 Å². The summed E-state index contributed by atoms with van der Waals surface area (Å²) in [7, 11) is -3.77. The second-order valence-corrected chi connectivity index (χ2v) is 6.75. The van der Waals surface area contributed by atoms with E-state index in [0.29, 0.717) is 6.42 Å². The molecule has 0 aliphatic carbocycles. The molecule has 0 amide bonds. The lowest BCUT2D eigenvalue weighted by molar-refractivity contribution is 0.101. The highest BCUT2D eigenvalue weighted by atomic mass is 35.5. The average Bonchev–Trinajstić information content (AvgIpc) is 2.27. The average molecular weight is 324 g/mol. The molecule has 19 heavy (non-hydrogen) atoms. The fourth-order valence-electron chi connectivity index (χ4n) is 1.42. The quantitative estimate of drug-likeness (QED) is 0.846. The molecule has 0 radical (unpaired) electrons. The van der Waals surface area contributed by atoms with E-state index < -0.39 is 10.0 Å². The number of rotatable bonds is 5. The molecular weight excluding hydrogens is 309 g/mol. The normalized spacial score (nSPS) is 13.3. The minimum Gasteiger partial charge on any atom is -0.294 e. The van der Waals surface area contributed by atoms with Crippen LogP contribution in [0.5, 0.6) is 0 Å². The second-order valence-electron chi connectivity index (χ2n) is 4.25. The molecule has 1 N–H and O–H groups in total. The summed E-state index contributed by atoms with van der Waals surface area (Å²) < 4.78 is 26.8. The van der Waals surface area contributed by atoms with Crippen LogP contribution in [-0.2, 0) is 10.0 Å². The number of nitrogens with one attached hydrogen (secondary N) is 1. The lowest BCUT2D eigenvalue weighted by Crippen LogP contribution is -2.32. The number of sulfonamides is 1. The van der Waals surface area contributed by atoms with Crippen molar-refractivity contribution in [3.05, 3.63) is 27.7 Å². The molecule has 0 spiro atoms. The van der Waals surface area contributed by atoms with Crippen LogP contribution >= 0.6 is 23.2 Å². The highest BCUT2D eigenvalue weighted by Gasteiger charge is 2.22. The zero-order valence-electron chi connectivity index (χ0n) is 10.8. The molecule has 1 aromatic carbocycles. The molecule has 4 nitrogen and oxygen atoms in total. The highest BCUT2D eigenvalue weighted by molar-refractivity contribution is 7.89. The highest BCUT2D eigenvalue weighted by Crippen LogP contribution is 2.29. The first-order chi connectivity index (χ1) is 8.69. The first-order valence-corrected chi connectivity index (χ1v) is 7.95. The summed E-state index contributed by atoms with van der Waals surface area (Å²) >= 11 is 11.8. The van der Waals surface area contributed by atoms with Crippen LogP contribution in [0, 0.1) is 0 Å². The molecule has 0 aliphatic heterocycles. The van der Waals surface area contributed by atoms with E-state index in [1.807, 2.05) is 6.92 Å². The zero-order chi connectivity index (χ0) is 14.8. The van der Waals surface area contributed by atoms with Gasteiger partial charge in [-0.1, -0.05) is 30.1 Å². The van der Waals surface area contributed by atoms with E-state index in [2.05, 4.69) is 4.72 Å². The molecule has 0 saturated heterocycles. The molecule has 1 atom stereocenters. The number of carbonyl (C=O) groups excluding carboxylic acids is 1. The monoisotopic (exact) mass is 323 g/mol. The molecule has 1 unspecified atom stereocenters. The van der Waals surface area contributed by atoms with Gasteiger partial charge in [0, 0.05) is 11.6 Å². The smallest absolute Gasteiger partial charge is 0.242 e. The van der Waals surface area contributed by atoms with Crippen molar-refractivity contribution in [3.8, 4) is 0 Å². The molecule has 0 fully saturated rings. The molecule has 106 valence electrons. The number of halogens is 2. The van der Waals surface area contributed by atoms with Gasteiger partial charge in [-0.05, 0) is 32.4 Å². The Bertz CT molecular complexity index is 599. The van der Waals surface area contributed by atoms with Crippen molar-refractivity contribution in [3.63, 3.8) is 0 Å². The van der Waals surface area contributed by atoms with E-state index in [1.54, 1.807) is 6.92 Å². The topological polar surface area (TPSA) is 63.2 Å². The summed E-state index contributed by atoms with van der Waals surface area (Å²) in [5.74, 6) is -0.318. The minimum absolute atomic E-state index is 0.00852. The van der Waals surface area contributed by atoms with Crippen LogP contribution < -0.4 is 4.72 Å². The van der Waals surface area contributed by atoms with Gasteiger partial charge in [0.15, 0.2) is 5.78 Å².